The number of aromatic nitrogens is 1. The van der Waals surface area contributed by atoms with Crippen molar-refractivity contribution in [3.63, 3.8) is 0 Å². The second-order valence-electron chi connectivity index (χ2n) is 7.13. The van der Waals surface area contributed by atoms with Crippen LogP contribution in [-0.4, -0.2) is 52.8 Å². The Morgan fingerprint density at radius 2 is 1.56 bits per heavy atom. The van der Waals surface area contributed by atoms with Crippen molar-refractivity contribution in [1.29, 1.82) is 0 Å². The molecule has 0 unspecified atom stereocenters. The summed E-state index contributed by atoms with van der Waals surface area (Å²) in [6.07, 6.45) is 1.61. The number of piperazine rings is 1. The van der Waals surface area contributed by atoms with E-state index in [0.29, 0.717) is 37.6 Å². The monoisotopic (exact) mass is 366 g/mol. The van der Waals surface area contributed by atoms with Crippen LogP contribution in [-0.2, 0) is 4.79 Å². The molecule has 0 bridgehead atoms. The van der Waals surface area contributed by atoms with Gasteiger partial charge in [-0.25, -0.2) is 4.98 Å². The lowest BCUT2D eigenvalue weighted by Gasteiger charge is -2.34. The first-order chi connectivity index (χ1) is 12.8. The Bertz CT molecular complexity index is 830. The van der Waals surface area contributed by atoms with E-state index in [4.69, 9.17) is 0 Å². The first-order valence-corrected chi connectivity index (χ1v) is 9.21. The topological polar surface area (TPSA) is 65.5 Å². The molecule has 2 aromatic rings. The molecule has 1 aromatic heterocycles. The van der Waals surface area contributed by atoms with E-state index in [2.05, 4.69) is 43.2 Å². The molecule has 6 nitrogen and oxygen atoms in total. The van der Waals surface area contributed by atoms with Gasteiger partial charge in [0.25, 0.3) is 5.91 Å². The smallest absolute Gasteiger partial charge is 0.255 e. The molecule has 1 fully saturated rings. The van der Waals surface area contributed by atoms with E-state index in [1.165, 1.54) is 5.56 Å². The van der Waals surface area contributed by atoms with Gasteiger partial charge in [0.1, 0.15) is 5.82 Å². The van der Waals surface area contributed by atoms with Crippen molar-refractivity contribution in [2.75, 3.05) is 31.5 Å². The molecule has 6 heteroatoms. The lowest BCUT2D eigenvalue weighted by atomic mass is 10.1. The van der Waals surface area contributed by atoms with Gasteiger partial charge in [-0.2, -0.15) is 0 Å². The summed E-state index contributed by atoms with van der Waals surface area (Å²) in [4.78, 5) is 32.0. The van der Waals surface area contributed by atoms with Crippen molar-refractivity contribution in [1.82, 2.24) is 14.8 Å². The molecule has 0 aliphatic carbocycles. The van der Waals surface area contributed by atoms with E-state index in [0.717, 1.165) is 16.8 Å². The van der Waals surface area contributed by atoms with Crippen LogP contribution >= 0.6 is 0 Å². The number of carbonyl (C=O) groups excluding carboxylic acids is 2. The zero-order valence-corrected chi connectivity index (χ0v) is 16.4. The summed E-state index contributed by atoms with van der Waals surface area (Å²) < 4.78 is 0. The van der Waals surface area contributed by atoms with Crippen LogP contribution in [0.2, 0.25) is 0 Å². The second kappa shape index (κ2) is 7.78. The molecule has 1 saturated heterocycles. The van der Waals surface area contributed by atoms with Crippen LogP contribution in [0.3, 0.4) is 0 Å². The number of nitrogens with zero attached hydrogens (tertiary/aromatic N) is 3. The summed E-state index contributed by atoms with van der Waals surface area (Å²) in [6.45, 7) is 10.1. The van der Waals surface area contributed by atoms with Gasteiger partial charge in [0.2, 0.25) is 5.91 Å². The summed E-state index contributed by atoms with van der Waals surface area (Å²) in [6, 6.07) is 7.90. The van der Waals surface area contributed by atoms with Gasteiger partial charge in [-0.3, -0.25) is 9.59 Å². The van der Waals surface area contributed by atoms with Gasteiger partial charge >= 0.3 is 0 Å². The number of rotatable bonds is 3. The van der Waals surface area contributed by atoms with Crippen LogP contribution in [0, 0.1) is 20.8 Å². The van der Waals surface area contributed by atoms with E-state index in [1.807, 2.05) is 6.07 Å². The van der Waals surface area contributed by atoms with Crippen LogP contribution in [0.15, 0.2) is 30.5 Å². The fourth-order valence-corrected chi connectivity index (χ4v) is 3.51. The van der Waals surface area contributed by atoms with E-state index in [1.54, 1.807) is 29.0 Å². The molecule has 2 heterocycles. The highest BCUT2D eigenvalue weighted by Gasteiger charge is 2.23. The predicted octanol–water partition coefficient (Wildman–Crippen LogP) is 3.05. The maximum atomic E-state index is 12.7. The lowest BCUT2D eigenvalue weighted by Crippen LogP contribution is -2.50. The van der Waals surface area contributed by atoms with Gasteiger partial charge < -0.3 is 15.1 Å². The molecule has 0 atom stereocenters. The number of anilines is 2. The maximum absolute atomic E-state index is 12.7. The van der Waals surface area contributed by atoms with Crippen LogP contribution in [0.25, 0.3) is 0 Å². The van der Waals surface area contributed by atoms with Crippen molar-refractivity contribution in [3.8, 4) is 0 Å². The first-order valence-electron chi connectivity index (χ1n) is 9.21. The summed E-state index contributed by atoms with van der Waals surface area (Å²) in [7, 11) is 0. The van der Waals surface area contributed by atoms with Gasteiger partial charge in [0.15, 0.2) is 0 Å². The Morgan fingerprint density at radius 1 is 0.963 bits per heavy atom. The van der Waals surface area contributed by atoms with E-state index >= 15 is 0 Å². The van der Waals surface area contributed by atoms with Crippen molar-refractivity contribution in [2.45, 2.75) is 27.7 Å². The number of benzene rings is 1. The molecule has 3 rings (SSSR count). The molecule has 27 heavy (non-hydrogen) atoms. The lowest BCUT2D eigenvalue weighted by molar-refractivity contribution is -0.130. The summed E-state index contributed by atoms with van der Waals surface area (Å²) >= 11 is 0. The third kappa shape index (κ3) is 4.27. The van der Waals surface area contributed by atoms with Crippen molar-refractivity contribution in [3.05, 3.63) is 52.7 Å². The molecule has 0 radical (unpaired) electrons. The molecule has 1 aliphatic heterocycles. The van der Waals surface area contributed by atoms with Crippen LogP contribution in [0.1, 0.15) is 34.0 Å². The number of amides is 2. The number of carbonyl (C=O) groups is 2. The van der Waals surface area contributed by atoms with E-state index in [-0.39, 0.29) is 11.8 Å². The fraction of sp³-hybridized carbons (Fsp3) is 0.381. The number of hydrogen-bond donors (Lipinski definition) is 1. The Morgan fingerprint density at radius 3 is 2.07 bits per heavy atom. The minimum absolute atomic E-state index is 0.0417. The first kappa shape index (κ1) is 18.9. The molecular weight excluding hydrogens is 340 g/mol. The number of pyridine rings is 1. The average Bonchev–Trinajstić information content (AvgIpc) is 2.64. The van der Waals surface area contributed by atoms with Gasteiger partial charge in [-0.15, -0.1) is 0 Å². The third-order valence-corrected chi connectivity index (χ3v) is 4.95. The Hall–Kier alpha value is -2.89. The number of aryl methyl sites for hydroxylation is 3. The predicted molar refractivity (Wildman–Crippen MR) is 106 cm³/mol. The Balaban J connectivity index is 1.67. The second-order valence-corrected chi connectivity index (χ2v) is 7.13. The number of nitrogens with one attached hydrogen (secondary N) is 1. The zero-order valence-electron chi connectivity index (χ0n) is 16.4. The third-order valence-electron chi connectivity index (χ3n) is 4.95. The minimum Gasteiger partial charge on any atom is -0.340 e. The highest BCUT2D eigenvalue weighted by Crippen LogP contribution is 2.25. The highest BCUT2D eigenvalue weighted by atomic mass is 16.2. The molecule has 0 spiro atoms. The molecule has 2 amide bonds. The largest absolute Gasteiger partial charge is 0.340 e. The van der Waals surface area contributed by atoms with Gasteiger partial charge in [0, 0.05) is 45.0 Å². The molecule has 1 N–H and O–H groups in total. The summed E-state index contributed by atoms with van der Waals surface area (Å²) in [5.74, 6) is 0.726. The van der Waals surface area contributed by atoms with Crippen LogP contribution < -0.4 is 5.32 Å². The maximum Gasteiger partial charge on any atom is 0.255 e. The normalized spacial score (nSPS) is 14.2. The SMILES string of the molecule is CC(=O)N1CCN(C(=O)c2ccc(Nc3c(C)cc(C)cc3C)nc2)CC1. The molecule has 142 valence electrons. The van der Waals surface area contributed by atoms with Gasteiger partial charge in [0.05, 0.1) is 5.56 Å². The number of hydrogen-bond acceptors (Lipinski definition) is 4. The quantitative estimate of drug-likeness (QED) is 0.907. The molecule has 0 saturated carbocycles. The van der Waals surface area contributed by atoms with Crippen molar-refractivity contribution >= 4 is 23.3 Å². The Kier molecular flexibility index (Phi) is 5.44. The van der Waals surface area contributed by atoms with Crippen molar-refractivity contribution < 1.29 is 9.59 Å². The van der Waals surface area contributed by atoms with Gasteiger partial charge in [-0.05, 0) is 44.0 Å². The Labute approximate surface area is 160 Å². The highest BCUT2D eigenvalue weighted by molar-refractivity contribution is 5.94. The van der Waals surface area contributed by atoms with E-state index < -0.39 is 0 Å². The molecule has 1 aromatic carbocycles. The van der Waals surface area contributed by atoms with Crippen LogP contribution in [0.5, 0.6) is 0 Å². The van der Waals surface area contributed by atoms with Crippen LogP contribution in [0.4, 0.5) is 11.5 Å². The van der Waals surface area contributed by atoms with Crippen molar-refractivity contribution in [2.24, 2.45) is 0 Å². The zero-order chi connectivity index (χ0) is 19.6. The minimum atomic E-state index is -0.0417. The molecule has 1 aliphatic rings. The summed E-state index contributed by atoms with van der Waals surface area (Å²) in [5, 5.41) is 3.35. The summed E-state index contributed by atoms with van der Waals surface area (Å²) in [5.41, 5.74) is 5.17. The average molecular weight is 366 g/mol. The standard InChI is InChI=1S/C21H26N4O2/c1-14-11-15(2)20(16(3)12-14)23-19-6-5-18(13-22-19)21(27)25-9-7-24(8-10-25)17(4)26/h5-6,11-13H,7-10H2,1-4H3,(H,22,23). The fourth-order valence-electron chi connectivity index (χ4n) is 3.51. The molecular formula is C21H26N4O2. The van der Waals surface area contributed by atoms with Gasteiger partial charge in [-0.1, -0.05) is 17.7 Å². The van der Waals surface area contributed by atoms with E-state index in [9.17, 15) is 9.59 Å².